The van der Waals surface area contributed by atoms with Crippen molar-refractivity contribution >= 4 is 5.78 Å². The summed E-state index contributed by atoms with van der Waals surface area (Å²) in [6.07, 6.45) is 4.94. The molecule has 5 fully saturated rings. The van der Waals surface area contributed by atoms with Crippen molar-refractivity contribution in [3.8, 4) is 5.75 Å². The molecule has 0 saturated heterocycles. The Kier molecular flexibility index (Phi) is 5.57. The number of alkyl halides is 3. The molecular formula is C28H37F3N2O3. The minimum atomic E-state index is -4.60. The number of hydrogen-bond acceptors (Lipinski definition) is 5. The highest BCUT2D eigenvalue weighted by molar-refractivity contribution is 5.85. The van der Waals surface area contributed by atoms with E-state index in [2.05, 4.69) is 23.8 Å². The number of carbonyl (C=O) groups is 1. The molecule has 0 spiro atoms. The summed E-state index contributed by atoms with van der Waals surface area (Å²) in [5, 5.41) is 10.7. The van der Waals surface area contributed by atoms with Gasteiger partial charge in [0.1, 0.15) is 6.61 Å². The lowest BCUT2D eigenvalue weighted by Crippen LogP contribution is -2.52. The largest absolute Gasteiger partial charge is 0.483 e. The van der Waals surface area contributed by atoms with E-state index in [0.29, 0.717) is 47.3 Å². The number of hydrogen-bond donors (Lipinski definition) is 1. The Morgan fingerprint density at radius 1 is 1.06 bits per heavy atom. The minimum absolute atomic E-state index is 0.0346. The topological polar surface area (TPSA) is 72.3 Å². The van der Waals surface area contributed by atoms with Crippen molar-refractivity contribution < 1.29 is 27.8 Å². The lowest BCUT2D eigenvalue weighted by atomic mass is 9.47. The smallest absolute Gasteiger partial charge is 0.451 e. The molecule has 5 saturated carbocycles. The van der Waals surface area contributed by atoms with Crippen LogP contribution in [-0.4, -0.2) is 33.1 Å². The van der Waals surface area contributed by atoms with Crippen molar-refractivity contribution in [1.82, 2.24) is 9.97 Å². The maximum atomic E-state index is 13.6. The van der Waals surface area contributed by atoms with Crippen LogP contribution in [0.1, 0.15) is 71.5 Å². The van der Waals surface area contributed by atoms with E-state index < -0.39 is 17.6 Å². The Bertz CT molecular complexity index is 1030. The monoisotopic (exact) mass is 506 g/mol. The highest BCUT2D eigenvalue weighted by atomic mass is 19.4. The van der Waals surface area contributed by atoms with E-state index in [1.807, 2.05) is 6.92 Å². The second kappa shape index (κ2) is 8.15. The molecule has 1 N–H and O–H groups in total. The van der Waals surface area contributed by atoms with Gasteiger partial charge < -0.3 is 9.84 Å². The lowest BCUT2D eigenvalue weighted by molar-refractivity contribution is -0.145. The Balaban J connectivity index is 1.17. The molecule has 36 heavy (non-hydrogen) atoms. The molecule has 5 aliphatic carbocycles. The zero-order valence-electron chi connectivity index (χ0n) is 21.3. The van der Waals surface area contributed by atoms with E-state index >= 15 is 0 Å². The van der Waals surface area contributed by atoms with E-state index in [1.165, 1.54) is 12.8 Å². The van der Waals surface area contributed by atoms with Gasteiger partial charge in [-0.15, -0.1) is 0 Å². The molecule has 0 radical (unpaired) electrons. The van der Waals surface area contributed by atoms with Gasteiger partial charge in [0.05, 0.1) is 18.0 Å². The van der Waals surface area contributed by atoms with Crippen LogP contribution in [0.3, 0.4) is 0 Å². The van der Waals surface area contributed by atoms with E-state index in [1.54, 1.807) is 0 Å². The van der Waals surface area contributed by atoms with Crippen molar-refractivity contribution in [3.05, 3.63) is 18.2 Å². The minimum Gasteiger partial charge on any atom is -0.483 e. The third-order valence-electron chi connectivity index (χ3n) is 11.2. The normalized spacial score (nSPS) is 47.2. The summed E-state index contributed by atoms with van der Waals surface area (Å²) in [4.78, 5) is 20.3. The summed E-state index contributed by atoms with van der Waals surface area (Å²) in [7, 11) is 0. The van der Waals surface area contributed by atoms with Gasteiger partial charge in [0, 0.05) is 5.92 Å². The Morgan fingerprint density at radius 3 is 2.44 bits per heavy atom. The number of ether oxygens (including phenoxy) is 1. The maximum Gasteiger partial charge on any atom is 0.451 e. The summed E-state index contributed by atoms with van der Waals surface area (Å²) in [5.41, 5.74) is -0.552. The number of aliphatic hydroxyl groups is 1. The van der Waals surface area contributed by atoms with Gasteiger partial charge in [0.15, 0.2) is 11.5 Å². The fourth-order valence-corrected chi connectivity index (χ4v) is 9.87. The van der Waals surface area contributed by atoms with Gasteiger partial charge in [0.2, 0.25) is 5.82 Å². The SMILES string of the molecule is CC1C2C1[C@H]1[C@@H]3CC[C@@H]4C[C@](C)(O)CC[C@@H]4[C@H]3CC[C@]1(C)[C@H]2C(=O)COc1cnc(C(F)(F)F)nc1. The predicted octanol–water partition coefficient (Wildman–Crippen LogP) is 5.57. The van der Waals surface area contributed by atoms with Gasteiger partial charge in [-0.1, -0.05) is 13.8 Å². The number of fused-ring (bicyclic) bond motifs is 7. The number of nitrogens with zero attached hydrogens (tertiary/aromatic N) is 2. The van der Waals surface area contributed by atoms with E-state index in [9.17, 15) is 23.1 Å². The first-order valence-corrected chi connectivity index (χ1v) is 13.7. The number of ketones is 1. The summed E-state index contributed by atoms with van der Waals surface area (Å²) in [6.45, 7) is 6.46. The number of Topliss-reactive ketones (excluding diaryl/α,β-unsaturated/α-hetero) is 1. The second-order valence-corrected chi connectivity index (χ2v) is 13.1. The zero-order valence-corrected chi connectivity index (χ0v) is 21.3. The standard InChI is InChI=1S/C28H37F3N2O3/c1-14-21-22(14)24(20(34)13-36-16-11-32-25(33-12-16)28(29,30)31)27(3)9-7-18-17-6-8-26(2,35)10-15(17)4-5-19(18)23(21)27/h11-12,14-15,17-19,21-24,35H,4-10,13H2,1-3H3/t14?,15-,17+,18-,19-,21?,22?,23-,24+,26-,27+/m1/s1. The first-order chi connectivity index (χ1) is 16.9. The quantitative estimate of drug-likeness (QED) is 0.579. The molecule has 0 bridgehead atoms. The van der Waals surface area contributed by atoms with Crippen LogP contribution in [0.25, 0.3) is 0 Å². The maximum absolute atomic E-state index is 13.6. The van der Waals surface area contributed by atoms with Gasteiger partial charge in [-0.05, 0) is 105 Å². The molecule has 5 nitrogen and oxygen atoms in total. The fourth-order valence-electron chi connectivity index (χ4n) is 9.87. The van der Waals surface area contributed by atoms with Crippen LogP contribution in [0.2, 0.25) is 0 Å². The molecule has 1 heterocycles. The average Bonchev–Trinajstić information content (AvgIpc) is 3.33. The highest BCUT2D eigenvalue weighted by Crippen LogP contribution is 2.76. The van der Waals surface area contributed by atoms with Crippen molar-refractivity contribution in [3.63, 3.8) is 0 Å². The number of carbonyl (C=O) groups excluding carboxylic acids is 1. The summed E-state index contributed by atoms with van der Waals surface area (Å²) >= 11 is 0. The van der Waals surface area contributed by atoms with Crippen molar-refractivity contribution in [2.24, 2.45) is 58.7 Å². The molecule has 1 aromatic rings. The van der Waals surface area contributed by atoms with Crippen LogP contribution in [0.15, 0.2) is 12.4 Å². The molecule has 3 unspecified atom stereocenters. The molecule has 0 aromatic carbocycles. The highest BCUT2D eigenvalue weighted by Gasteiger charge is 2.74. The van der Waals surface area contributed by atoms with Gasteiger partial charge in [-0.3, -0.25) is 4.79 Å². The molecule has 11 atom stereocenters. The molecule has 1 aromatic heterocycles. The molecule has 5 aliphatic rings. The average molecular weight is 507 g/mol. The molecule has 198 valence electrons. The van der Waals surface area contributed by atoms with Crippen LogP contribution in [0.4, 0.5) is 13.2 Å². The molecule has 8 heteroatoms. The van der Waals surface area contributed by atoms with Crippen LogP contribution in [0.5, 0.6) is 5.75 Å². The molecule has 0 amide bonds. The second-order valence-electron chi connectivity index (χ2n) is 13.1. The zero-order chi connectivity index (χ0) is 25.6. The fraction of sp³-hybridized carbons (Fsp3) is 0.821. The summed E-state index contributed by atoms with van der Waals surface area (Å²) in [6, 6.07) is 0. The number of aromatic nitrogens is 2. The van der Waals surface area contributed by atoms with E-state index in [4.69, 9.17) is 4.74 Å². The predicted molar refractivity (Wildman–Crippen MR) is 126 cm³/mol. The van der Waals surface area contributed by atoms with Crippen molar-refractivity contribution in [2.45, 2.75) is 77.5 Å². The summed E-state index contributed by atoms with van der Waals surface area (Å²) in [5.74, 6) is 3.68. The third kappa shape index (κ3) is 3.80. The van der Waals surface area contributed by atoms with Crippen LogP contribution in [-0.2, 0) is 11.0 Å². The molecule has 0 aliphatic heterocycles. The van der Waals surface area contributed by atoms with Crippen LogP contribution in [0, 0.1) is 58.7 Å². The van der Waals surface area contributed by atoms with Gasteiger partial charge >= 0.3 is 6.18 Å². The summed E-state index contributed by atoms with van der Waals surface area (Å²) < 4.78 is 43.8. The molecular weight excluding hydrogens is 469 g/mol. The van der Waals surface area contributed by atoms with Crippen molar-refractivity contribution in [2.75, 3.05) is 6.61 Å². The lowest BCUT2D eigenvalue weighted by Gasteiger charge is -2.58. The number of halogens is 3. The molecule has 6 rings (SSSR count). The first-order valence-electron chi connectivity index (χ1n) is 13.7. The van der Waals surface area contributed by atoms with E-state index in [0.717, 1.165) is 44.5 Å². The Morgan fingerprint density at radius 2 is 1.75 bits per heavy atom. The number of rotatable bonds is 4. The van der Waals surface area contributed by atoms with Gasteiger partial charge in [0.25, 0.3) is 0 Å². The first kappa shape index (κ1) is 24.6. The van der Waals surface area contributed by atoms with Crippen molar-refractivity contribution in [1.29, 1.82) is 0 Å². The van der Waals surface area contributed by atoms with Crippen LogP contribution >= 0.6 is 0 Å². The third-order valence-corrected chi connectivity index (χ3v) is 11.2. The Labute approximate surface area is 210 Å². The van der Waals surface area contributed by atoms with Gasteiger partial charge in [-0.25, -0.2) is 9.97 Å². The van der Waals surface area contributed by atoms with Gasteiger partial charge in [-0.2, -0.15) is 13.2 Å². The van der Waals surface area contributed by atoms with E-state index in [-0.39, 0.29) is 29.5 Å². The van der Waals surface area contributed by atoms with Crippen LogP contribution < -0.4 is 4.74 Å². The Hall–Kier alpha value is -1.70.